The van der Waals surface area contributed by atoms with Crippen LogP contribution in [0.2, 0.25) is 0 Å². The van der Waals surface area contributed by atoms with E-state index in [0.29, 0.717) is 0 Å². The quantitative estimate of drug-likeness (QED) is 0.119. The summed E-state index contributed by atoms with van der Waals surface area (Å²) in [6.45, 7) is 4.46. The smallest absolute Gasteiger partial charge is 0.326 e. The molecule has 2 aromatic carbocycles. The fourth-order valence-electron chi connectivity index (χ4n) is 6.13. The number of imidazole rings is 1. The molecule has 55 heavy (non-hydrogen) atoms. The highest BCUT2D eigenvalue weighted by molar-refractivity contribution is 6.12. The van der Waals surface area contributed by atoms with Gasteiger partial charge in [0, 0.05) is 56.5 Å². The second kappa shape index (κ2) is 18.5. The van der Waals surface area contributed by atoms with Crippen molar-refractivity contribution in [3.63, 3.8) is 0 Å². The number of rotatable bonds is 18. The van der Waals surface area contributed by atoms with Crippen molar-refractivity contribution < 1.29 is 47.8 Å². The summed E-state index contributed by atoms with van der Waals surface area (Å²) in [7, 11) is 0. The number of carbonyl (C=O) groups is 6. The first-order valence-electron chi connectivity index (χ1n) is 17.6. The third-order valence-electron chi connectivity index (χ3n) is 8.89. The zero-order valence-electron chi connectivity index (χ0n) is 30.7. The topological polar surface area (TPSA) is 217 Å². The van der Waals surface area contributed by atoms with Gasteiger partial charge in [0.15, 0.2) is 0 Å². The van der Waals surface area contributed by atoms with Gasteiger partial charge in [-0.05, 0) is 42.0 Å². The van der Waals surface area contributed by atoms with Gasteiger partial charge in [-0.2, -0.15) is 0 Å². The number of aliphatic hydroxyl groups is 1. The Morgan fingerprint density at radius 3 is 2.29 bits per heavy atom. The van der Waals surface area contributed by atoms with Crippen LogP contribution in [0.3, 0.4) is 0 Å². The largest absolute Gasteiger partial charge is 0.480 e. The van der Waals surface area contributed by atoms with E-state index in [-0.39, 0.29) is 62.5 Å². The van der Waals surface area contributed by atoms with Gasteiger partial charge in [0.1, 0.15) is 30.1 Å². The molecule has 1 aliphatic rings. The van der Waals surface area contributed by atoms with Gasteiger partial charge in [0.05, 0.1) is 17.8 Å². The number of benzene rings is 2. The third kappa shape index (κ3) is 11.1. The molecule has 0 saturated heterocycles. The fraction of sp³-hybridized carbons (Fsp3) is 0.395. The van der Waals surface area contributed by atoms with Gasteiger partial charge in [-0.25, -0.2) is 18.6 Å². The van der Waals surface area contributed by atoms with Gasteiger partial charge in [0.25, 0.3) is 11.8 Å². The average molecular weight is 766 g/mol. The normalized spacial score (nSPS) is 14.4. The van der Waals surface area contributed by atoms with Crippen LogP contribution >= 0.6 is 0 Å². The van der Waals surface area contributed by atoms with Crippen LogP contribution < -0.4 is 16.4 Å². The lowest BCUT2D eigenvalue weighted by atomic mass is 9.84. The number of hydrogen-bond donors (Lipinski definition) is 5. The van der Waals surface area contributed by atoms with Crippen molar-refractivity contribution in [2.75, 3.05) is 26.2 Å². The van der Waals surface area contributed by atoms with Crippen LogP contribution in [0.15, 0.2) is 66.9 Å². The van der Waals surface area contributed by atoms with Crippen molar-refractivity contribution in [1.82, 2.24) is 30.0 Å². The lowest BCUT2D eigenvalue weighted by Crippen LogP contribution is -2.51. The second-order valence-corrected chi connectivity index (χ2v) is 14.1. The second-order valence-electron chi connectivity index (χ2n) is 14.1. The highest BCUT2D eigenvalue weighted by Gasteiger charge is 2.39. The molecular weight excluding hydrogens is 720 g/mol. The molecule has 3 atom stereocenters. The predicted octanol–water partition coefficient (Wildman–Crippen LogP) is 1.89. The van der Waals surface area contributed by atoms with Crippen LogP contribution in [0.4, 0.5) is 8.78 Å². The lowest BCUT2D eigenvalue weighted by molar-refractivity contribution is -0.142. The Morgan fingerprint density at radius 2 is 1.67 bits per heavy atom. The first kappa shape index (κ1) is 41.9. The van der Waals surface area contributed by atoms with Crippen LogP contribution in [0.5, 0.6) is 0 Å². The van der Waals surface area contributed by atoms with Crippen molar-refractivity contribution in [2.45, 2.75) is 64.7 Å². The number of aliphatic hydroxyl groups excluding tert-OH is 1. The van der Waals surface area contributed by atoms with Crippen LogP contribution in [0, 0.1) is 17.0 Å². The van der Waals surface area contributed by atoms with E-state index in [2.05, 4.69) is 10.6 Å². The Hall–Kier alpha value is -5.81. The van der Waals surface area contributed by atoms with E-state index in [4.69, 9.17) is 10.7 Å². The van der Waals surface area contributed by atoms with Gasteiger partial charge >= 0.3 is 5.97 Å². The molecule has 1 aromatic heterocycles. The van der Waals surface area contributed by atoms with Crippen LogP contribution in [0.1, 0.15) is 57.5 Å². The summed E-state index contributed by atoms with van der Waals surface area (Å²) in [4.78, 5) is 81.2. The number of nitrogens with one attached hydrogen (secondary N) is 2. The number of carbonyl (C=O) groups excluding carboxylic acids is 5. The summed E-state index contributed by atoms with van der Waals surface area (Å²) in [6.07, 6.45) is 2.97. The molecular formula is C38H45F2N7O8. The van der Waals surface area contributed by atoms with E-state index < -0.39 is 77.3 Å². The summed E-state index contributed by atoms with van der Waals surface area (Å²) < 4.78 is 31.0. The number of imide groups is 1. The molecule has 1 aliphatic heterocycles. The number of nitrogens with zero attached hydrogens (tertiary/aromatic N) is 4. The summed E-state index contributed by atoms with van der Waals surface area (Å²) in [5.74, 6) is -5.72. The summed E-state index contributed by atoms with van der Waals surface area (Å²) >= 11 is 0. The molecule has 17 heteroatoms. The van der Waals surface area contributed by atoms with Gasteiger partial charge in [0.2, 0.25) is 17.7 Å². The predicted molar refractivity (Wildman–Crippen MR) is 194 cm³/mol. The van der Waals surface area contributed by atoms with E-state index in [0.717, 1.165) is 40.8 Å². The minimum Gasteiger partial charge on any atom is -0.480 e. The van der Waals surface area contributed by atoms with E-state index in [9.17, 15) is 47.8 Å². The molecule has 15 nitrogen and oxygen atoms in total. The lowest BCUT2D eigenvalue weighted by Gasteiger charge is -2.40. The van der Waals surface area contributed by atoms with Crippen LogP contribution in [0.25, 0.3) is 11.3 Å². The Balaban J connectivity index is 1.50. The number of nitrogens with two attached hydrogens (primary N) is 1. The van der Waals surface area contributed by atoms with Crippen LogP contribution in [-0.2, 0) is 35.3 Å². The van der Waals surface area contributed by atoms with Gasteiger partial charge in [-0.3, -0.25) is 28.9 Å². The molecule has 0 saturated carbocycles. The molecule has 0 radical (unpaired) electrons. The molecule has 294 valence electrons. The molecule has 3 aromatic rings. The Kier molecular flexibility index (Phi) is 14.1. The van der Waals surface area contributed by atoms with E-state index in [1.165, 1.54) is 4.90 Å². The van der Waals surface area contributed by atoms with E-state index >= 15 is 0 Å². The summed E-state index contributed by atoms with van der Waals surface area (Å²) in [6, 6.07) is 8.49. The molecule has 0 aliphatic carbocycles. The number of carboxylic acids is 1. The van der Waals surface area contributed by atoms with Crippen molar-refractivity contribution in [2.24, 2.45) is 11.1 Å². The maximum absolute atomic E-state index is 15.0. The number of aliphatic carboxylic acids is 1. The number of hydrogen-bond acceptors (Lipinski definition) is 9. The summed E-state index contributed by atoms with van der Waals surface area (Å²) in [5.41, 5.74) is 6.26. The van der Waals surface area contributed by atoms with Crippen LogP contribution in [-0.4, -0.2) is 103 Å². The maximum Gasteiger partial charge on any atom is 0.326 e. The molecule has 0 fully saturated rings. The van der Waals surface area contributed by atoms with E-state index in [1.54, 1.807) is 10.8 Å². The van der Waals surface area contributed by atoms with E-state index in [1.807, 2.05) is 51.1 Å². The number of carboxylic acid groups (broad SMARTS) is 1. The average Bonchev–Trinajstić information content (AvgIpc) is 3.69. The molecule has 0 unspecified atom stereocenters. The molecule has 6 N–H and O–H groups in total. The monoisotopic (exact) mass is 765 g/mol. The van der Waals surface area contributed by atoms with Crippen molar-refractivity contribution in [3.05, 3.63) is 89.9 Å². The first-order valence-corrected chi connectivity index (χ1v) is 17.6. The first-order chi connectivity index (χ1) is 26.0. The Bertz CT molecular complexity index is 1910. The fourth-order valence-corrected chi connectivity index (χ4v) is 6.13. The summed E-state index contributed by atoms with van der Waals surface area (Å²) in [5, 5.41) is 24.6. The maximum atomic E-state index is 15.0. The Labute approximate surface area is 316 Å². The SMILES string of the molecule is CC(C)(C)[C@H](c1nc(-c2cc(F)ccc2F)cn1Cc1ccccc1)N(CC[C@H](N)C(=O)N[C@@H](CCC(=O)NCCN1C(=O)C=CC1=O)C(=O)O)C(=O)CO. The zero-order chi connectivity index (χ0) is 40.4. The molecule has 2 heterocycles. The van der Waals surface area contributed by atoms with Gasteiger partial charge < -0.3 is 36.0 Å². The Morgan fingerprint density at radius 1 is 1.00 bits per heavy atom. The standard InChI is InChI=1S/C38H45F2N7O8/c1-38(2,3)34(35-43-29(25-19-24(39)9-10-26(25)40)21-45(35)20-23-7-5-4-6-8-23)47(33(52)22-48)17-15-27(41)36(53)44-28(37(54)55)11-12-30(49)42-16-18-46-31(50)13-14-32(46)51/h4-10,13-14,19,21,27-28,34,48H,11-12,15-18,20,22,41H2,1-3H3,(H,42,49)(H,44,53)(H,54,55)/t27-,28-,34-/m0/s1. The highest BCUT2D eigenvalue weighted by Crippen LogP contribution is 2.39. The van der Waals surface area contributed by atoms with Crippen molar-refractivity contribution in [3.8, 4) is 11.3 Å². The van der Waals surface area contributed by atoms with Crippen molar-refractivity contribution >= 4 is 35.5 Å². The zero-order valence-corrected chi connectivity index (χ0v) is 30.7. The van der Waals surface area contributed by atoms with Crippen molar-refractivity contribution in [1.29, 1.82) is 0 Å². The third-order valence-corrected chi connectivity index (χ3v) is 8.89. The van der Waals surface area contributed by atoms with Gasteiger partial charge in [-0.1, -0.05) is 51.1 Å². The minimum absolute atomic E-state index is 0.0545. The number of aromatic nitrogens is 2. The molecule has 0 bridgehead atoms. The molecule has 5 amide bonds. The highest BCUT2D eigenvalue weighted by atomic mass is 19.1. The minimum atomic E-state index is -1.50. The van der Waals surface area contributed by atoms with Gasteiger partial charge in [-0.15, -0.1) is 0 Å². The number of halogens is 2. The number of amides is 5. The molecule has 4 rings (SSSR count). The molecule has 0 spiro atoms.